The molecule has 0 aliphatic heterocycles. The third-order valence-corrected chi connectivity index (χ3v) is 3.20. The Morgan fingerprint density at radius 1 is 1.58 bits per heavy atom. The molecule has 0 unspecified atom stereocenters. The second-order valence-electron chi connectivity index (χ2n) is 2.38. The van der Waals surface area contributed by atoms with Crippen LogP contribution in [0.25, 0.3) is 0 Å². The second kappa shape index (κ2) is 4.23. The Morgan fingerprint density at radius 2 is 2.25 bits per heavy atom. The lowest BCUT2D eigenvalue weighted by molar-refractivity contribution is 0.0988. The molecule has 0 aliphatic carbocycles. The van der Waals surface area contributed by atoms with Crippen molar-refractivity contribution in [3.8, 4) is 0 Å². The Hall–Kier alpha value is -0.0900. The summed E-state index contributed by atoms with van der Waals surface area (Å²) in [6.45, 7) is 1.83. The van der Waals surface area contributed by atoms with E-state index in [1.165, 1.54) is 0 Å². The van der Waals surface area contributed by atoms with Crippen LogP contribution in [0.15, 0.2) is 18.2 Å². The zero-order chi connectivity index (χ0) is 9.14. The highest BCUT2D eigenvalue weighted by molar-refractivity contribution is 14.1. The van der Waals surface area contributed by atoms with Crippen LogP contribution in [0.5, 0.6) is 0 Å². The molecule has 3 heteroatoms. The molecule has 0 saturated heterocycles. The van der Waals surface area contributed by atoms with Gasteiger partial charge in [0.2, 0.25) is 0 Å². The summed E-state index contributed by atoms with van der Waals surface area (Å²) in [6.07, 6.45) is 0.500. The number of carbonyl (C=O) groups is 1. The minimum Gasteiger partial charge on any atom is -0.294 e. The van der Waals surface area contributed by atoms with E-state index in [-0.39, 0.29) is 5.78 Å². The molecule has 0 bridgehead atoms. The van der Waals surface area contributed by atoms with E-state index in [4.69, 9.17) is 11.6 Å². The van der Waals surface area contributed by atoms with Gasteiger partial charge in [-0.05, 0) is 34.7 Å². The quantitative estimate of drug-likeness (QED) is 0.602. The van der Waals surface area contributed by atoms with E-state index in [0.29, 0.717) is 17.0 Å². The molecule has 1 aromatic rings. The first-order chi connectivity index (χ1) is 5.66. The third kappa shape index (κ3) is 1.98. The fourth-order valence-electron chi connectivity index (χ4n) is 0.910. The van der Waals surface area contributed by atoms with E-state index < -0.39 is 0 Å². The van der Waals surface area contributed by atoms with Crippen LogP contribution in [-0.4, -0.2) is 5.78 Å². The van der Waals surface area contributed by atoms with Crippen molar-refractivity contribution in [1.82, 2.24) is 0 Å². The fraction of sp³-hybridized carbons (Fsp3) is 0.222. The van der Waals surface area contributed by atoms with Crippen molar-refractivity contribution in [3.05, 3.63) is 32.4 Å². The Labute approximate surface area is 90.3 Å². The van der Waals surface area contributed by atoms with Crippen LogP contribution in [0.1, 0.15) is 23.7 Å². The smallest absolute Gasteiger partial charge is 0.164 e. The van der Waals surface area contributed by atoms with Gasteiger partial charge in [0, 0.05) is 15.6 Å². The minimum atomic E-state index is 0.0958. The molecular weight excluding hydrogens is 286 g/mol. The molecule has 0 radical (unpaired) electrons. The maximum atomic E-state index is 11.3. The van der Waals surface area contributed by atoms with Gasteiger partial charge in [-0.3, -0.25) is 4.79 Å². The number of Topliss-reactive ketones (excluding diaryl/α,β-unsaturated/α-hetero) is 1. The van der Waals surface area contributed by atoms with Gasteiger partial charge in [-0.15, -0.1) is 0 Å². The molecular formula is C9H8ClIO. The van der Waals surface area contributed by atoms with Crippen LogP contribution in [0.4, 0.5) is 0 Å². The summed E-state index contributed by atoms with van der Waals surface area (Å²) in [5, 5.41) is 0.574. The molecule has 0 atom stereocenters. The van der Waals surface area contributed by atoms with E-state index in [2.05, 4.69) is 22.6 Å². The zero-order valence-corrected chi connectivity index (χ0v) is 9.52. The zero-order valence-electron chi connectivity index (χ0n) is 6.60. The lowest BCUT2D eigenvalue weighted by Crippen LogP contribution is -1.98. The van der Waals surface area contributed by atoms with E-state index in [1.807, 2.05) is 19.1 Å². The highest BCUT2D eigenvalue weighted by Gasteiger charge is 2.09. The average molecular weight is 295 g/mol. The molecule has 0 fully saturated rings. The number of carbonyl (C=O) groups excluding carboxylic acids is 1. The van der Waals surface area contributed by atoms with Crippen LogP contribution >= 0.6 is 34.2 Å². The molecule has 1 aromatic carbocycles. The van der Waals surface area contributed by atoms with Crippen molar-refractivity contribution >= 4 is 40.0 Å². The molecule has 0 aromatic heterocycles. The van der Waals surface area contributed by atoms with Gasteiger partial charge in [0.1, 0.15) is 0 Å². The van der Waals surface area contributed by atoms with Crippen LogP contribution in [0, 0.1) is 3.57 Å². The molecule has 0 heterocycles. The Bertz CT molecular complexity index is 309. The second-order valence-corrected chi connectivity index (χ2v) is 3.92. The summed E-state index contributed by atoms with van der Waals surface area (Å²) in [7, 11) is 0. The van der Waals surface area contributed by atoms with Crippen LogP contribution < -0.4 is 0 Å². The van der Waals surface area contributed by atoms with Crippen molar-refractivity contribution < 1.29 is 4.79 Å². The van der Waals surface area contributed by atoms with Gasteiger partial charge in [0.15, 0.2) is 5.78 Å². The molecule has 0 N–H and O–H groups in total. The number of ketones is 1. The SMILES string of the molecule is CCC(=O)c1cccc(I)c1Cl. The maximum absolute atomic E-state index is 11.3. The average Bonchev–Trinajstić information content (AvgIpc) is 2.08. The van der Waals surface area contributed by atoms with Crippen LogP contribution in [0.2, 0.25) is 5.02 Å². The van der Waals surface area contributed by atoms with Crippen molar-refractivity contribution in [2.24, 2.45) is 0 Å². The molecule has 0 saturated carbocycles. The summed E-state index contributed by atoms with van der Waals surface area (Å²) in [6, 6.07) is 5.49. The van der Waals surface area contributed by atoms with Crippen molar-refractivity contribution in [1.29, 1.82) is 0 Å². The van der Waals surface area contributed by atoms with Gasteiger partial charge in [0.05, 0.1) is 5.02 Å². The van der Waals surface area contributed by atoms with Crippen molar-refractivity contribution in [3.63, 3.8) is 0 Å². The van der Waals surface area contributed by atoms with E-state index >= 15 is 0 Å². The molecule has 0 aliphatic rings. The van der Waals surface area contributed by atoms with Gasteiger partial charge in [-0.2, -0.15) is 0 Å². The summed E-state index contributed by atoms with van der Waals surface area (Å²) >= 11 is 8.05. The summed E-state index contributed by atoms with van der Waals surface area (Å²) < 4.78 is 0.925. The predicted molar refractivity (Wildman–Crippen MR) is 58.8 cm³/mol. The van der Waals surface area contributed by atoms with Gasteiger partial charge < -0.3 is 0 Å². The van der Waals surface area contributed by atoms with Crippen LogP contribution in [0.3, 0.4) is 0 Å². The number of hydrogen-bond donors (Lipinski definition) is 0. The van der Waals surface area contributed by atoms with Crippen LogP contribution in [-0.2, 0) is 0 Å². The Morgan fingerprint density at radius 3 is 2.83 bits per heavy atom. The maximum Gasteiger partial charge on any atom is 0.164 e. The Kier molecular flexibility index (Phi) is 3.53. The highest BCUT2D eigenvalue weighted by atomic mass is 127. The first-order valence-electron chi connectivity index (χ1n) is 3.64. The largest absolute Gasteiger partial charge is 0.294 e. The Balaban J connectivity index is 3.16. The van der Waals surface area contributed by atoms with Crippen molar-refractivity contribution in [2.45, 2.75) is 13.3 Å². The summed E-state index contributed by atoms with van der Waals surface area (Å²) in [4.78, 5) is 11.3. The van der Waals surface area contributed by atoms with E-state index in [1.54, 1.807) is 6.07 Å². The first-order valence-corrected chi connectivity index (χ1v) is 5.09. The molecule has 64 valence electrons. The minimum absolute atomic E-state index is 0.0958. The molecule has 12 heavy (non-hydrogen) atoms. The van der Waals surface area contributed by atoms with Gasteiger partial charge >= 0.3 is 0 Å². The molecule has 1 nitrogen and oxygen atoms in total. The fourth-order valence-corrected chi connectivity index (χ4v) is 1.64. The summed E-state index contributed by atoms with van der Waals surface area (Å²) in [5.41, 5.74) is 0.631. The van der Waals surface area contributed by atoms with Gasteiger partial charge in [-0.25, -0.2) is 0 Å². The highest BCUT2D eigenvalue weighted by Crippen LogP contribution is 2.23. The molecule has 1 rings (SSSR count). The normalized spacial score (nSPS) is 9.92. The van der Waals surface area contributed by atoms with Gasteiger partial charge in [-0.1, -0.05) is 24.6 Å². The monoisotopic (exact) mass is 294 g/mol. The third-order valence-electron chi connectivity index (χ3n) is 1.57. The van der Waals surface area contributed by atoms with E-state index in [9.17, 15) is 4.79 Å². The predicted octanol–water partition coefficient (Wildman–Crippen LogP) is 3.54. The number of hydrogen-bond acceptors (Lipinski definition) is 1. The molecule has 0 spiro atoms. The van der Waals surface area contributed by atoms with E-state index in [0.717, 1.165) is 3.57 Å². The topological polar surface area (TPSA) is 17.1 Å². The summed E-state index contributed by atoms with van der Waals surface area (Å²) in [5.74, 6) is 0.0958. The molecule has 0 amide bonds. The number of halogens is 2. The first kappa shape index (κ1) is 9.99. The lowest BCUT2D eigenvalue weighted by atomic mass is 10.1. The van der Waals surface area contributed by atoms with Crippen molar-refractivity contribution in [2.75, 3.05) is 0 Å². The number of benzene rings is 1. The van der Waals surface area contributed by atoms with Gasteiger partial charge in [0.25, 0.3) is 0 Å². The number of rotatable bonds is 2. The lowest BCUT2D eigenvalue weighted by Gasteiger charge is -2.02. The standard InChI is InChI=1S/C9H8ClIO/c1-2-8(12)6-4-3-5-7(11)9(6)10/h3-5H,2H2,1H3.